The Morgan fingerprint density at radius 2 is 1.76 bits per heavy atom. The minimum atomic E-state index is -4.65. The third-order valence-corrected chi connectivity index (χ3v) is 12.6. The molecule has 248 valence electrons. The number of halogens is 3. The van der Waals surface area contributed by atoms with Crippen molar-refractivity contribution < 1.29 is 35.8 Å². The maximum absolute atomic E-state index is 13.9. The van der Waals surface area contributed by atoms with Crippen LogP contribution >= 0.6 is 0 Å². The summed E-state index contributed by atoms with van der Waals surface area (Å²) >= 11 is 0. The standard InChI is InChI=1S/C33H45F3N2O5SSi/c1-31(2,23-42-22-25-11-8-7-9-12-25)30-20-28(38(37-30)24-41-17-18-45(4,5)6)29-21-32(3,15-16-43-29)44(39,40)27-14-10-13-26(19-27)33(34,35)36/h7-14,19-20,29H,15-18,21-24H2,1-6H3. The molecule has 0 spiro atoms. The fourth-order valence-corrected chi connectivity index (χ4v) is 7.84. The van der Waals surface area contributed by atoms with Crippen LogP contribution in [-0.4, -0.2) is 50.8 Å². The van der Waals surface area contributed by atoms with E-state index >= 15 is 0 Å². The van der Waals surface area contributed by atoms with Gasteiger partial charge in [-0.15, -0.1) is 0 Å². The van der Waals surface area contributed by atoms with E-state index in [0.717, 1.165) is 35.5 Å². The highest BCUT2D eigenvalue weighted by Crippen LogP contribution is 2.43. The van der Waals surface area contributed by atoms with Crippen molar-refractivity contribution in [2.24, 2.45) is 0 Å². The number of nitrogens with zero attached hydrogens (tertiary/aromatic N) is 2. The molecule has 1 aliphatic rings. The summed E-state index contributed by atoms with van der Waals surface area (Å²) in [4.78, 5) is -0.346. The normalized spacial score (nSPS) is 20.0. The Kier molecular flexibility index (Phi) is 10.8. The fraction of sp³-hybridized carbons (Fsp3) is 0.545. The first-order chi connectivity index (χ1) is 20.9. The third-order valence-electron chi connectivity index (χ3n) is 8.31. The number of hydrogen-bond acceptors (Lipinski definition) is 6. The van der Waals surface area contributed by atoms with Gasteiger partial charge in [-0.25, -0.2) is 13.1 Å². The van der Waals surface area contributed by atoms with E-state index in [0.29, 0.717) is 25.5 Å². The predicted molar refractivity (Wildman–Crippen MR) is 170 cm³/mol. The number of aromatic nitrogens is 2. The van der Waals surface area contributed by atoms with Gasteiger partial charge in [0.05, 0.1) is 39.8 Å². The molecule has 0 N–H and O–H groups in total. The minimum absolute atomic E-state index is 0.0521. The second-order valence-corrected chi connectivity index (χ2v) is 22.0. The molecule has 12 heteroatoms. The maximum Gasteiger partial charge on any atom is 0.416 e. The number of benzene rings is 2. The molecule has 2 heterocycles. The van der Waals surface area contributed by atoms with Crippen LogP contribution in [0.25, 0.3) is 0 Å². The quantitative estimate of drug-likeness (QED) is 0.137. The molecular formula is C33H45F3N2O5SSi. The zero-order chi connectivity index (χ0) is 33.1. The summed E-state index contributed by atoms with van der Waals surface area (Å²) in [5, 5.41) is 4.89. The van der Waals surface area contributed by atoms with Gasteiger partial charge in [0.1, 0.15) is 12.8 Å². The lowest BCUT2D eigenvalue weighted by atomic mass is 9.89. The molecule has 7 nitrogen and oxygen atoms in total. The zero-order valence-corrected chi connectivity index (χ0v) is 28.8. The summed E-state index contributed by atoms with van der Waals surface area (Å²) < 4.78 is 86.7. The third kappa shape index (κ3) is 8.85. The lowest BCUT2D eigenvalue weighted by molar-refractivity contribution is -0.137. The molecule has 2 aromatic carbocycles. The van der Waals surface area contributed by atoms with E-state index in [-0.39, 0.29) is 31.1 Å². The van der Waals surface area contributed by atoms with Crippen LogP contribution in [-0.2, 0) is 49.0 Å². The van der Waals surface area contributed by atoms with E-state index in [1.165, 1.54) is 6.07 Å². The van der Waals surface area contributed by atoms with Crippen LogP contribution in [0.2, 0.25) is 25.7 Å². The Hall–Kier alpha value is -2.51. The van der Waals surface area contributed by atoms with Crippen LogP contribution in [0.1, 0.15) is 62.2 Å². The van der Waals surface area contributed by atoms with Crippen molar-refractivity contribution in [1.82, 2.24) is 9.78 Å². The summed E-state index contributed by atoms with van der Waals surface area (Å²) in [5.41, 5.74) is 0.989. The molecule has 0 amide bonds. The number of alkyl halides is 3. The van der Waals surface area contributed by atoms with Crippen LogP contribution in [0.3, 0.4) is 0 Å². The van der Waals surface area contributed by atoms with Gasteiger partial charge in [-0.05, 0) is 55.6 Å². The molecule has 2 unspecified atom stereocenters. The Morgan fingerprint density at radius 3 is 2.42 bits per heavy atom. The van der Waals surface area contributed by atoms with Crippen LogP contribution < -0.4 is 0 Å². The molecule has 0 radical (unpaired) electrons. The van der Waals surface area contributed by atoms with Gasteiger partial charge in [-0.2, -0.15) is 18.3 Å². The Balaban J connectivity index is 1.60. The summed E-state index contributed by atoms with van der Waals surface area (Å²) in [6.07, 6.45) is -5.11. The van der Waals surface area contributed by atoms with E-state index in [9.17, 15) is 21.6 Å². The number of ether oxygens (including phenoxy) is 3. The summed E-state index contributed by atoms with van der Waals surface area (Å²) in [5.74, 6) is 0. The minimum Gasteiger partial charge on any atom is -0.376 e. The first-order valence-electron chi connectivity index (χ1n) is 15.2. The molecule has 4 rings (SSSR count). The van der Waals surface area contributed by atoms with E-state index in [1.54, 1.807) is 11.6 Å². The molecule has 0 bridgehead atoms. The van der Waals surface area contributed by atoms with E-state index < -0.39 is 45.9 Å². The average Bonchev–Trinajstić information content (AvgIpc) is 3.40. The van der Waals surface area contributed by atoms with E-state index in [1.807, 2.05) is 50.2 Å². The lowest BCUT2D eigenvalue weighted by Gasteiger charge is -2.37. The highest BCUT2D eigenvalue weighted by Gasteiger charge is 2.46. The first kappa shape index (κ1) is 35.3. The van der Waals surface area contributed by atoms with Crippen molar-refractivity contribution in [2.75, 3.05) is 19.8 Å². The van der Waals surface area contributed by atoms with Crippen LogP contribution in [0.5, 0.6) is 0 Å². The Morgan fingerprint density at radius 1 is 1.04 bits per heavy atom. The van der Waals surface area contributed by atoms with Gasteiger partial charge >= 0.3 is 6.18 Å². The van der Waals surface area contributed by atoms with Gasteiger partial charge in [0, 0.05) is 26.7 Å². The summed E-state index contributed by atoms with van der Waals surface area (Å²) in [7, 11) is -5.48. The van der Waals surface area contributed by atoms with Crippen molar-refractivity contribution in [1.29, 1.82) is 0 Å². The van der Waals surface area contributed by atoms with Gasteiger partial charge in [0.2, 0.25) is 0 Å². The SMILES string of the molecule is CC(C)(COCc1ccccc1)c1cc(C2CC(C)(S(=O)(=O)c3cccc(C(F)(F)F)c3)CCO2)n(COCC[Si](C)(C)C)n1. The van der Waals surface area contributed by atoms with Crippen molar-refractivity contribution in [3.05, 3.63) is 83.2 Å². The molecule has 1 aromatic heterocycles. The van der Waals surface area contributed by atoms with Gasteiger partial charge < -0.3 is 14.2 Å². The Labute approximate surface area is 266 Å². The predicted octanol–water partition coefficient (Wildman–Crippen LogP) is 7.79. The largest absolute Gasteiger partial charge is 0.416 e. The molecule has 45 heavy (non-hydrogen) atoms. The summed E-state index contributed by atoms with van der Waals surface area (Å²) in [6, 6.07) is 16.7. The number of rotatable bonds is 13. The number of sulfone groups is 1. The molecule has 1 fully saturated rings. The molecule has 0 aliphatic carbocycles. The first-order valence-corrected chi connectivity index (χ1v) is 20.4. The smallest absolute Gasteiger partial charge is 0.376 e. The monoisotopic (exact) mass is 666 g/mol. The summed E-state index contributed by atoms with van der Waals surface area (Å²) in [6.45, 7) is 14.2. The highest BCUT2D eigenvalue weighted by atomic mass is 32.2. The van der Waals surface area contributed by atoms with Gasteiger partial charge in [0.25, 0.3) is 0 Å². The van der Waals surface area contributed by atoms with Crippen molar-refractivity contribution in [3.8, 4) is 0 Å². The van der Waals surface area contributed by atoms with Gasteiger partial charge in [0.15, 0.2) is 9.84 Å². The molecule has 3 aromatic rings. The maximum atomic E-state index is 13.9. The molecule has 2 atom stereocenters. The van der Waals surface area contributed by atoms with Crippen LogP contribution in [0.15, 0.2) is 65.6 Å². The van der Waals surface area contributed by atoms with Gasteiger partial charge in [-0.1, -0.05) is 69.9 Å². The second kappa shape index (κ2) is 13.7. The average molecular weight is 667 g/mol. The molecular weight excluding hydrogens is 622 g/mol. The van der Waals surface area contributed by atoms with Crippen molar-refractivity contribution in [2.45, 2.75) is 100.0 Å². The Bertz CT molecular complexity index is 1540. The van der Waals surface area contributed by atoms with Crippen LogP contribution in [0.4, 0.5) is 13.2 Å². The fourth-order valence-electron chi connectivity index (χ4n) is 5.25. The van der Waals surface area contributed by atoms with Gasteiger partial charge in [-0.3, -0.25) is 0 Å². The number of hydrogen-bond donors (Lipinski definition) is 0. The molecule has 1 saturated heterocycles. The topological polar surface area (TPSA) is 79.7 Å². The molecule has 1 aliphatic heterocycles. The zero-order valence-electron chi connectivity index (χ0n) is 27.0. The van der Waals surface area contributed by atoms with E-state index in [2.05, 4.69) is 19.6 Å². The van der Waals surface area contributed by atoms with Crippen molar-refractivity contribution in [3.63, 3.8) is 0 Å². The lowest BCUT2D eigenvalue weighted by Crippen LogP contribution is -2.42. The molecule has 0 saturated carbocycles. The second-order valence-electron chi connectivity index (χ2n) is 14.0. The van der Waals surface area contributed by atoms with E-state index in [4.69, 9.17) is 19.3 Å². The highest BCUT2D eigenvalue weighted by molar-refractivity contribution is 7.92. The van der Waals surface area contributed by atoms with Crippen LogP contribution in [0, 0.1) is 0 Å². The van der Waals surface area contributed by atoms with Crippen molar-refractivity contribution >= 4 is 17.9 Å².